The average molecular weight is 209 g/mol. The van der Waals surface area contributed by atoms with E-state index in [1.807, 2.05) is 0 Å². The molecule has 0 fully saturated rings. The van der Waals surface area contributed by atoms with Gasteiger partial charge in [-0.05, 0) is 30.7 Å². The zero-order chi connectivity index (χ0) is 10.6. The van der Waals surface area contributed by atoms with Crippen molar-refractivity contribution in [1.82, 2.24) is 0 Å². The minimum absolute atomic E-state index is 0.181. The van der Waals surface area contributed by atoms with Crippen LogP contribution < -0.4 is 0 Å². The molecule has 0 saturated heterocycles. The zero-order valence-electron chi connectivity index (χ0n) is 7.62. The molecule has 1 aromatic rings. The number of carboxylic acid groups (broad SMARTS) is 1. The number of benzene rings is 1. The summed E-state index contributed by atoms with van der Waals surface area (Å²) in [5.41, 5.74) is 3.72. The highest BCUT2D eigenvalue weighted by atomic mass is 35.5. The Kier molecular flexibility index (Phi) is 3.52. The number of halogens is 1. The number of hydrogen-bond donors (Lipinski definition) is 1. The van der Waals surface area contributed by atoms with Crippen LogP contribution in [0.5, 0.6) is 0 Å². The highest BCUT2D eigenvalue weighted by molar-refractivity contribution is 6.30. The van der Waals surface area contributed by atoms with E-state index in [4.69, 9.17) is 16.7 Å². The molecule has 0 aromatic heterocycles. The van der Waals surface area contributed by atoms with Crippen LogP contribution in [0.25, 0.3) is 6.08 Å². The Balaban J connectivity index is 2.94. The second-order valence-electron chi connectivity index (χ2n) is 2.77. The Bertz CT molecular complexity index is 398. The summed E-state index contributed by atoms with van der Waals surface area (Å²) in [7, 11) is 0. The highest BCUT2D eigenvalue weighted by Crippen LogP contribution is 2.10. The number of carboxylic acids is 1. The second-order valence-corrected chi connectivity index (χ2v) is 3.21. The first-order valence-electron chi connectivity index (χ1n) is 4.02. The van der Waals surface area contributed by atoms with Crippen LogP contribution in [0.2, 0.25) is 5.02 Å². The van der Waals surface area contributed by atoms with Gasteiger partial charge in [-0.3, -0.25) is 0 Å². The fraction of sp³-hybridized carbons (Fsp3) is 0.0909. The third kappa shape index (κ3) is 3.09. The first kappa shape index (κ1) is 10.6. The summed E-state index contributed by atoms with van der Waals surface area (Å²) in [4.78, 5) is 10.4. The van der Waals surface area contributed by atoms with E-state index in [2.05, 4.69) is 5.73 Å². The maximum atomic E-state index is 10.4. The molecule has 2 nitrogen and oxygen atoms in total. The standard InChI is InChI=1S/C11H9ClO2/c1-8(11(13)14)2-3-9-4-6-10(12)7-5-9/h3-7H,1H3,(H,13,14). The monoisotopic (exact) mass is 208 g/mol. The smallest absolute Gasteiger partial charge is 0.339 e. The highest BCUT2D eigenvalue weighted by Gasteiger charge is 1.95. The van der Waals surface area contributed by atoms with Gasteiger partial charge in [0.2, 0.25) is 0 Å². The molecule has 0 aliphatic rings. The summed E-state index contributed by atoms with van der Waals surface area (Å²) >= 11 is 5.69. The van der Waals surface area contributed by atoms with Gasteiger partial charge in [0.05, 0.1) is 5.57 Å². The number of rotatable bonds is 2. The quantitative estimate of drug-likeness (QED) is 0.599. The fourth-order valence-corrected chi connectivity index (χ4v) is 0.938. The van der Waals surface area contributed by atoms with E-state index >= 15 is 0 Å². The van der Waals surface area contributed by atoms with Crippen LogP contribution in [0.15, 0.2) is 35.6 Å². The molecule has 0 spiro atoms. The molecule has 0 bridgehead atoms. The lowest BCUT2D eigenvalue weighted by Gasteiger charge is -1.91. The molecule has 72 valence electrons. The third-order valence-corrected chi connectivity index (χ3v) is 1.90. The van der Waals surface area contributed by atoms with Gasteiger partial charge in [-0.1, -0.05) is 23.7 Å². The van der Waals surface area contributed by atoms with Crippen molar-refractivity contribution in [2.75, 3.05) is 0 Å². The van der Waals surface area contributed by atoms with Gasteiger partial charge >= 0.3 is 5.97 Å². The number of aliphatic carboxylic acids is 1. The number of hydrogen-bond acceptors (Lipinski definition) is 1. The van der Waals surface area contributed by atoms with Crippen LogP contribution in [0.1, 0.15) is 12.5 Å². The van der Waals surface area contributed by atoms with Crippen LogP contribution >= 0.6 is 11.6 Å². The average Bonchev–Trinajstić information content (AvgIpc) is 2.16. The first-order chi connectivity index (χ1) is 6.59. The Hall–Kier alpha value is -1.50. The first-order valence-corrected chi connectivity index (χ1v) is 4.39. The lowest BCUT2D eigenvalue weighted by atomic mass is 10.2. The van der Waals surface area contributed by atoms with Gasteiger partial charge in [0.1, 0.15) is 0 Å². The maximum absolute atomic E-state index is 10.4. The van der Waals surface area contributed by atoms with Gasteiger partial charge in [-0.2, -0.15) is 0 Å². The van der Waals surface area contributed by atoms with E-state index in [0.717, 1.165) is 5.56 Å². The van der Waals surface area contributed by atoms with Crippen LogP contribution in [-0.2, 0) is 4.79 Å². The van der Waals surface area contributed by atoms with Crippen molar-refractivity contribution >= 4 is 23.6 Å². The Morgan fingerprint density at radius 2 is 2.00 bits per heavy atom. The summed E-state index contributed by atoms with van der Waals surface area (Å²) in [5.74, 6) is -0.963. The second kappa shape index (κ2) is 4.66. The van der Waals surface area contributed by atoms with Crippen molar-refractivity contribution in [2.24, 2.45) is 0 Å². The van der Waals surface area contributed by atoms with Crippen LogP contribution in [-0.4, -0.2) is 11.1 Å². The van der Waals surface area contributed by atoms with E-state index in [1.165, 1.54) is 6.92 Å². The largest absolute Gasteiger partial charge is 0.477 e. The molecule has 0 saturated carbocycles. The normalized spacial score (nSPS) is 9.00. The predicted octanol–water partition coefficient (Wildman–Crippen LogP) is 2.98. The zero-order valence-corrected chi connectivity index (χ0v) is 8.38. The Morgan fingerprint density at radius 3 is 2.50 bits per heavy atom. The van der Waals surface area contributed by atoms with E-state index < -0.39 is 5.97 Å². The molecule has 0 amide bonds. The molecule has 1 rings (SSSR count). The lowest BCUT2D eigenvalue weighted by Crippen LogP contribution is -1.93. The molecule has 3 heteroatoms. The van der Waals surface area contributed by atoms with E-state index in [-0.39, 0.29) is 5.57 Å². The fourth-order valence-electron chi connectivity index (χ4n) is 0.812. The molecule has 0 aliphatic carbocycles. The predicted molar refractivity (Wildman–Crippen MR) is 56.3 cm³/mol. The molecule has 1 aromatic carbocycles. The van der Waals surface area contributed by atoms with Crippen molar-refractivity contribution in [1.29, 1.82) is 0 Å². The topological polar surface area (TPSA) is 37.3 Å². The molecule has 1 N–H and O–H groups in total. The molecule has 0 atom stereocenters. The summed E-state index contributed by atoms with van der Waals surface area (Å²) in [6.45, 7) is 1.49. The van der Waals surface area contributed by atoms with E-state index in [0.29, 0.717) is 5.02 Å². The van der Waals surface area contributed by atoms with Gasteiger partial charge in [-0.15, -0.1) is 5.73 Å². The van der Waals surface area contributed by atoms with Gasteiger partial charge in [0.15, 0.2) is 0 Å². The maximum Gasteiger partial charge on any atom is 0.339 e. The molecular formula is C11H9ClO2. The van der Waals surface area contributed by atoms with E-state index in [9.17, 15) is 4.79 Å². The molecule has 0 unspecified atom stereocenters. The van der Waals surface area contributed by atoms with Gasteiger partial charge in [0, 0.05) is 5.02 Å². The third-order valence-electron chi connectivity index (χ3n) is 1.65. The molecular weight excluding hydrogens is 200 g/mol. The minimum Gasteiger partial charge on any atom is -0.477 e. The van der Waals surface area contributed by atoms with Crippen molar-refractivity contribution < 1.29 is 9.90 Å². The molecule has 14 heavy (non-hydrogen) atoms. The van der Waals surface area contributed by atoms with Crippen molar-refractivity contribution in [3.63, 3.8) is 0 Å². The summed E-state index contributed by atoms with van der Waals surface area (Å²) in [5, 5.41) is 9.22. The summed E-state index contributed by atoms with van der Waals surface area (Å²) < 4.78 is 0. The van der Waals surface area contributed by atoms with Crippen molar-refractivity contribution in [3.8, 4) is 0 Å². The van der Waals surface area contributed by atoms with Gasteiger partial charge in [0.25, 0.3) is 0 Å². The molecule has 0 heterocycles. The van der Waals surface area contributed by atoms with Crippen molar-refractivity contribution in [3.05, 3.63) is 46.2 Å². The Morgan fingerprint density at radius 1 is 1.43 bits per heavy atom. The SMILES string of the molecule is CC(=C=Cc1ccc(Cl)cc1)C(=O)O. The minimum atomic E-state index is -0.963. The molecule has 0 radical (unpaired) electrons. The summed E-state index contributed by atoms with van der Waals surface area (Å²) in [6, 6.07) is 7.07. The van der Waals surface area contributed by atoms with E-state index in [1.54, 1.807) is 30.3 Å². The van der Waals surface area contributed by atoms with Crippen LogP contribution in [0.4, 0.5) is 0 Å². The summed E-state index contributed by atoms with van der Waals surface area (Å²) in [6.07, 6.45) is 1.61. The van der Waals surface area contributed by atoms with Gasteiger partial charge < -0.3 is 5.11 Å². The number of carbonyl (C=O) groups is 1. The molecule has 0 aliphatic heterocycles. The van der Waals surface area contributed by atoms with Crippen LogP contribution in [0, 0.1) is 0 Å². The Labute approximate surface area is 87.1 Å². The van der Waals surface area contributed by atoms with Gasteiger partial charge in [-0.25, -0.2) is 4.79 Å². The van der Waals surface area contributed by atoms with Crippen molar-refractivity contribution in [2.45, 2.75) is 6.92 Å². The van der Waals surface area contributed by atoms with Crippen LogP contribution in [0.3, 0.4) is 0 Å². The lowest BCUT2D eigenvalue weighted by molar-refractivity contribution is -0.132.